The Morgan fingerprint density at radius 1 is 1.10 bits per heavy atom. The summed E-state index contributed by atoms with van der Waals surface area (Å²) >= 11 is 0. The van der Waals surface area contributed by atoms with Crippen LogP contribution in [-0.4, -0.2) is 17.0 Å². The number of carbonyl (C=O) groups is 1. The van der Waals surface area contributed by atoms with Gasteiger partial charge >= 0.3 is 6.03 Å². The predicted molar refractivity (Wildman–Crippen MR) is 87.3 cm³/mol. The van der Waals surface area contributed by atoms with Gasteiger partial charge in [-0.1, -0.05) is 48.0 Å². The topological polar surface area (TPSA) is 32.3 Å². The van der Waals surface area contributed by atoms with Crippen LogP contribution in [0.3, 0.4) is 0 Å². The van der Waals surface area contributed by atoms with E-state index < -0.39 is 0 Å². The second-order valence-electron chi connectivity index (χ2n) is 5.51. The summed E-state index contributed by atoms with van der Waals surface area (Å²) in [5.74, 6) is 0. The summed E-state index contributed by atoms with van der Waals surface area (Å²) in [5.41, 5.74) is 3.17. The highest BCUT2D eigenvalue weighted by molar-refractivity contribution is 5.89. The van der Waals surface area contributed by atoms with Crippen LogP contribution in [0.4, 0.5) is 10.5 Å². The third-order valence-electron chi connectivity index (χ3n) is 3.34. The smallest absolute Gasteiger partial charge is 0.318 e. The number of rotatable bonds is 4. The number of nitrogens with zero attached hydrogens (tertiary/aromatic N) is 1. The van der Waals surface area contributed by atoms with E-state index in [-0.39, 0.29) is 12.1 Å². The highest BCUT2D eigenvalue weighted by atomic mass is 16.2. The predicted octanol–water partition coefficient (Wildman–Crippen LogP) is 4.44. The average Bonchev–Trinajstić information content (AvgIpc) is 2.45. The number of anilines is 1. The van der Waals surface area contributed by atoms with E-state index in [1.165, 1.54) is 5.56 Å². The number of urea groups is 1. The molecule has 0 aliphatic heterocycles. The Hall–Kier alpha value is -2.29. The Balaban J connectivity index is 2.10. The van der Waals surface area contributed by atoms with Gasteiger partial charge in [0.15, 0.2) is 0 Å². The first-order valence-electron chi connectivity index (χ1n) is 7.24. The molecule has 0 aliphatic rings. The third-order valence-corrected chi connectivity index (χ3v) is 3.34. The Bertz CT molecular complexity index is 593. The van der Waals surface area contributed by atoms with Crippen molar-refractivity contribution in [2.45, 2.75) is 33.4 Å². The van der Waals surface area contributed by atoms with Gasteiger partial charge in [0, 0.05) is 18.3 Å². The average molecular weight is 282 g/mol. The maximum absolute atomic E-state index is 12.5. The molecule has 3 nitrogen and oxygen atoms in total. The van der Waals surface area contributed by atoms with Gasteiger partial charge in [-0.25, -0.2) is 4.79 Å². The molecule has 0 unspecified atom stereocenters. The van der Waals surface area contributed by atoms with Crippen molar-refractivity contribution in [1.29, 1.82) is 0 Å². The van der Waals surface area contributed by atoms with Crippen LogP contribution in [0.15, 0.2) is 54.6 Å². The first kappa shape index (κ1) is 15.1. The molecule has 0 saturated carbocycles. The summed E-state index contributed by atoms with van der Waals surface area (Å²) in [7, 11) is 0. The van der Waals surface area contributed by atoms with Crippen molar-refractivity contribution >= 4 is 11.7 Å². The lowest BCUT2D eigenvalue weighted by atomic mass is 10.1. The van der Waals surface area contributed by atoms with E-state index in [2.05, 4.69) is 30.4 Å². The first-order valence-corrected chi connectivity index (χ1v) is 7.24. The lowest BCUT2D eigenvalue weighted by molar-refractivity contribution is 0.193. The lowest BCUT2D eigenvalue weighted by Crippen LogP contribution is -2.39. The second-order valence-corrected chi connectivity index (χ2v) is 5.51. The molecule has 0 heterocycles. The standard InChI is InChI=1S/C18H22N2O/c1-14(2)20(13-16-9-7-8-15(3)12-16)18(21)19-17-10-5-4-6-11-17/h4-12,14H,13H2,1-3H3,(H,19,21). The van der Waals surface area contributed by atoms with Gasteiger partial charge in [0.2, 0.25) is 0 Å². The van der Waals surface area contributed by atoms with Gasteiger partial charge in [-0.2, -0.15) is 0 Å². The molecule has 2 aromatic carbocycles. The molecule has 0 spiro atoms. The summed E-state index contributed by atoms with van der Waals surface area (Å²) in [6.45, 7) is 6.73. The molecule has 21 heavy (non-hydrogen) atoms. The number of hydrogen-bond acceptors (Lipinski definition) is 1. The monoisotopic (exact) mass is 282 g/mol. The molecule has 2 rings (SSSR count). The Kier molecular flexibility index (Phi) is 4.99. The minimum Gasteiger partial charge on any atom is -0.318 e. The van der Waals surface area contributed by atoms with E-state index in [1.807, 2.05) is 55.1 Å². The number of nitrogens with one attached hydrogen (secondary N) is 1. The molecular weight excluding hydrogens is 260 g/mol. The zero-order valence-electron chi connectivity index (χ0n) is 12.8. The van der Waals surface area contributed by atoms with Crippen LogP contribution in [0.25, 0.3) is 0 Å². The van der Waals surface area contributed by atoms with Crippen molar-refractivity contribution < 1.29 is 4.79 Å². The molecule has 1 N–H and O–H groups in total. The van der Waals surface area contributed by atoms with Crippen molar-refractivity contribution in [3.05, 3.63) is 65.7 Å². The van der Waals surface area contributed by atoms with Crippen molar-refractivity contribution in [3.63, 3.8) is 0 Å². The molecule has 0 aromatic heterocycles. The van der Waals surface area contributed by atoms with Crippen LogP contribution in [0.2, 0.25) is 0 Å². The molecule has 0 radical (unpaired) electrons. The third kappa shape index (κ3) is 4.35. The van der Waals surface area contributed by atoms with E-state index >= 15 is 0 Å². The fraction of sp³-hybridized carbons (Fsp3) is 0.278. The number of para-hydroxylation sites is 1. The van der Waals surface area contributed by atoms with Crippen LogP contribution >= 0.6 is 0 Å². The van der Waals surface area contributed by atoms with Gasteiger partial charge < -0.3 is 10.2 Å². The van der Waals surface area contributed by atoms with Gasteiger partial charge in [-0.3, -0.25) is 0 Å². The van der Waals surface area contributed by atoms with E-state index in [9.17, 15) is 4.79 Å². The molecule has 2 amide bonds. The van der Waals surface area contributed by atoms with Crippen LogP contribution in [-0.2, 0) is 6.54 Å². The van der Waals surface area contributed by atoms with Crippen molar-refractivity contribution in [1.82, 2.24) is 4.90 Å². The van der Waals surface area contributed by atoms with Gasteiger partial charge in [0.05, 0.1) is 0 Å². The van der Waals surface area contributed by atoms with Crippen LogP contribution < -0.4 is 5.32 Å². The molecule has 0 fully saturated rings. The molecule has 0 aliphatic carbocycles. The number of hydrogen-bond donors (Lipinski definition) is 1. The summed E-state index contributed by atoms with van der Waals surface area (Å²) in [6, 6.07) is 17.9. The van der Waals surface area contributed by atoms with E-state index in [0.717, 1.165) is 11.3 Å². The summed E-state index contributed by atoms with van der Waals surface area (Å²) < 4.78 is 0. The minimum absolute atomic E-state index is 0.0716. The van der Waals surface area contributed by atoms with E-state index in [1.54, 1.807) is 0 Å². The Morgan fingerprint density at radius 2 is 1.81 bits per heavy atom. The quantitative estimate of drug-likeness (QED) is 0.883. The van der Waals surface area contributed by atoms with Gasteiger partial charge in [-0.05, 0) is 38.5 Å². The molecule has 3 heteroatoms. The number of amides is 2. The summed E-state index contributed by atoms with van der Waals surface area (Å²) in [5, 5.41) is 2.95. The highest BCUT2D eigenvalue weighted by Crippen LogP contribution is 2.13. The van der Waals surface area contributed by atoms with Crippen molar-refractivity contribution in [2.75, 3.05) is 5.32 Å². The van der Waals surface area contributed by atoms with Crippen LogP contribution in [0.1, 0.15) is 25.0 Å². The zero-order chi connectivity index (χ0) is 15.2. The summed E-state index contributed by atoms with van der Waals surface area (Å²) in [6.07, 6.45) is 0. The fourth-order valence-electron chi connectivity index (χ4n) is 2.21. The van der Waals surface area contributed by atoms with E-state index in [0.29, 0.717) is 6.54 Å². The highest BCUT2D eigenvalue weighted by Gasteiger charge is 2.17. The molecule has 0 saturated heterocycles. The van der Waals surface area contributed by atoms with Gasteiger partial charge in [0.25, 0.3) is 0 Å². The minimum atomic E-state index is -0.0716. The Morgan fingerprint density at radius 3 is 2.43 bits per heavy atom. The van der Waals surface area contributed by atoms with E-state index in [4.69, 9.17) is 0 Å². The van der Waals surface area contributed by atoms with Crippen LogP contribution in [0.5, 0.6) is 0 Å². The second kappa shape index (κ2) is 6.93. The van der Waals surface area contributed by atoms with Gasteiger partial charge in [0.1, 0.15) is 0 Å². The number of carbonyl (C=O) groups excluding carboxylic acids is 1. The maximum atomic E-state index is 12.5. The summed E-state index contributed by atoms with van der Waals surface area (Å²) in [4.78, 5) is 14.3. The maximum Gasteiger partial charge on any atom is 0.322 e. The molecule has 0 bridgehead atoms. The normalized spacial score (nSPS) is 10.5. The SMILES string of the molecule is Cc1cccc(CN(C(=O)Nc2ccccc2)C(C)C)c1. The molecule has 0 atom stereocenters. The molecule has 2 aromatic rings. The number of aryl methyl sites for hydroxylation is 1. The largest absolute Gasteiger partial charge is 0.322 e. The first-order chi connectivity index (χ1) is 10.1. The molecule has 110 valence electrons. The van der Waals surface area contributed by atoms with Gasteiger partial charge in [-0.15, -0.1) is 0 Å². The van der Waals surface area contributed by atoms with Crippen LogP contribution in [0, 0.1) is 6.92 Å². The molecular formula is C18H22N2O. The zero-order valence-corrected chi connectivity index (χ0v) is 12.8. The lowest BCUT2D eigenvalue weighted by Gasteiger charge is -2.27. The van der Waals surface area contributed by atoms with Crippen molar-refractivity contribution in [2.24, 2.45) is 0 Å². The van der Waals surface area contributed by atoms with Crippen molar-refractivity contribution in [3.8, 4) is 0 Å². The fourth-order valence-corrected chi connectivity index (χ4v) is 2.21. The Labute approximate surface area is 126 Å². The number of benzene rings is 2.